The van der Waals surface area contributed by atoms with E-state index in [1.807, 2.05) is 13.8 Å². The summed E-state index contributed by atoms with van der Waals surface area (Å²) in [5.74, 6) is -0.0833. The molecule has 3 nitrogen and oxygen atoms in total. The highest BCUT2D eigenvalue weighted by Gasteiger charge is 2.32. The van der Waals surface area contributed by atoms with Crippen molar-refractivity contribution >= 4 is 17.3 Å². The van der Waals surface area contributed by atoms with Gasteiger partial charge in [0, 0.05) is 11.4 Å². The molecule has 3 heteroatoms. The summed E-state index contributed by atoms with van der Waals surface area (Å²) in [5, 5.41) is 0. The first-order chi connectivity index (χ1) is 11.8. The molecular formula is C22H29NO2. The van der Waals surface area contributed by atoms with Crippen LogP contribution in [-0.4, -0.2) is 18.1 Å². The summed E-state index contributed by atoms with van der Waals surface area (Å²) in [6, 6.07) is 16.2. The molecule has 0 saturated heterocycles. The Morgan fingerprint density at radius 2 is 1.20 bits per heavy atom. The Hall–Kier alpha value is -2.29. The molecular weight excluding hydrogens is 310 g/mol. The van der Waals surface area contributed by atoms with Crippen LogP contribution in [0.3, 0.4) is 0 Å². The van der Waals surface area contributed by atoms with Gasteiger partial charge in [-0.05, 0) is 57.9 Å². The van der Waals surface area contributed by atoms with Gasteiger partial charge in [0.25, 0.3) is 0 Å². The van der Waals surface area contributed by atoms with Crippen molar-refractivity contribution < 1.29 is 9.53 Å². The number of rotatable bonds is 6. The fraction of sp³-hybridized carbons (Fsp3) is 0.409. The highest BCUT2D eigenvalue weighted by molar-refractivity contribution is 5.84. The molecule has 2 aromatic rings. The summed E-state index contributed by atoms with van der Waals surface area (Å²) in [7, 11) is 0. The van der Waals surface area contributed by atoms with Crippen molar-refractivity contribution in [1.82, 2.24) is 0 Å². The first-order valence-electron chi connectivity index (χ1n) is 8.92. The third-order valence-corrected chi connectivity index (χ3v) is 4.13. The zero-order valence-corrected chi connectivity index (χ0v) is 16.1. The van der Waals surface area contributed by atoms with Crippen molar-refractivity contribution in [2.75, 3.05) is 4.90 Å². The number of ether oxygens (including phenoxy) is 1. The molecule has 0 saturated carbocycles. The van der Waals surface area contributed by atoms with E-state index in [2.05, 4.69) is 81.1 Å². The summed E-state index contributed by atoms with van der Waals surface area (Å²) in [5.41, 5.74) is 4.37. The van der Waals surface area contributed by atoms with Crippen molar-refractivity contribution in [1.29, 1.82) is 0 Å². The number of hydrogen-bond donors (Lipinski definition) is 0. The number of anilines is 2. The molecule has 2 rings (SSSR count). The number of carbonyl (C=O) groups excluding carboxylic acids is 1. The van der Waals surface area contributed by atoms with Gasteiger partial charge in [-0.1, -0.05) is 49.2 Å². The summed E-state index contributed by atoms with van der Waals surface area (Å²) in [4.78, 5) is 14.9. The maximum atomic E-state index is 12.9. The van der Waals surface area contributed by atoms with Crippen molar-refractivity contribution in [3.63, 3.8) is 0 Å². The SMILES string of the molecule is Cc1ccc(N(c2ccc(C)cc2)C(C(=O)OC(C)C)C(C)C)cc1. The van der Waals surface area contributed by atoms with E-state index in [9.17, 15) is 4.79 Å². The average molecular weight is 339 g/mol. The lowest BCUT2D eigenvalue weighted by Gasteiger charge is -2.35. The fourth-order valence-electron chi connectivity index (χ4n) is 2.86. The van der Waals surface area contributed by atoms with Gasteiger partial charge >= 0.3 is 5.97 Å². The Kier molecular flexibility index (Phi) is 6.24. The first-order valence-corrected chi connectivity index (χ1v) is 8.92. The lowest BCUT2D eigenvalue weighted by atomic mass is 10.00. The van der Waals surface area contributed by atoms with E-state index >= 15 is 0 Å². The Labute approximate surface area is 151 Å². The predicted octanol–water partition coefficient (Wildman–Crippen LogP) is 5.42. The van der Waals surface area contributed by atoms with E-state index in [0.29, 0.717) is 0 Å². The molecule has 0 aliphatic rings. The van der Waals surface area contributed by atoms with Crippen LogP contribution in [0.2, 0.25) is 0 Å². The zero-order valence-electron chi connectivity index (χ0n) is 16.1. The van der Waals surface area contributed by atoms with E-state index in [4.69, 9.17) is 4.74 Å². The fourth-order valence-corrected chi connectivity index (χ4v) is 2.86. The standard InChI is InChI=1S/C22H29NO2/c1-15(2)21(22(24)25-16(3)4)23(19-11-7-17(5)8-12-19)20-13-9-18(6)10-14-20/h7-16,21H,1-6H3. The van der Waals surface area contributed by atoms with Gasteiger partial charge in [-0.3, -0.25) is 0 Å². The van der Waals surface area contributed by atoms with Crippen LogP contribution in [-0.2, 0) is 9.53 Å². The second-order valence-electron chi connectivity index (χ2n) is 7.22. The molecule has 0 aromatic heterocycles. The molecule has 25 heavy (non-hydrogen) atoms. The Morgan fingerprint density at radius 1 is 0.800 bits per heavy atom. The molecule has 2 aromatic carbocycles. The third-order valence-electron chi connectivity index (χ3n) is 4.13. The molecule has 0 aliphatic heterocycles. The van der Waals surface area contributed by atoms with Crippen molar-refractivity contribution in [3.05, 3.63) is 59.7 Å². The van der Waals surface area contributed by atoms with Crippen LogP contribution >= 0.6 is 0 Å². The Bertz CT molecular complexity index is 641. The smallest absolute Gasteiger partial charge is 0.329 e. The van der Waals surface area contributed by atoms with Crippen LogP contribution < -0.4 is 4.90 Å². The average Bonchev–Trinajstić information content (AvgIpc) is 2.53. The van der Waals surface area contributed by atoms with Gasteiger partial charge in [0.1, 0.15) is 6.04 Å². The summed E-state index contributed by atoms with van der Waals surface area (Å²) in [6.07, 6.45) is -0.133. The van der Waals surface area contributed by atoms with Gasteiger partial charge in [-0.25, -0.2) is 4.79 Å². The van der Waals surface area contributed by atoms with E-state index in [1.165, 1.54) is 11.1 Å². The molecule has 134 valence electrons. The lowest BCUT2D eigenvalue weighted by Crippen LogP contribution is -2.44. The number of hydrogen-bond acceptors (Lipinski definition) is 3. The van der Waals surface area contributed by atoms with Crippen molar-refractivity contribution in [2.24, 2.45) is 5.92 Å². The van der Waals surface area contributed by atoms with Gasteiger partial charge in [0.05, 0.1) is 6.10 Å². The molecule has 0 bridgehead atoms. The second-order valence-corrected chi connectivity index (χ2v) is 7.22. The normalized spacial score (nSPS) is 12.3. The van der Waals surface area contributed by atoms with Crippen LogP contribution in [0, 0.1) is 19.8 Å². The molecule has 1 unspecified atom stereocenters. The van der Waals surface area contributed by atoms with Crippen molar-refractivity contribution in [3.8, 4) is 0 Å². The van der Waals surface area contributed by atoms with Crippen LogP contribution in [0.1, 0.15) is 38.8 Å². The minimum absolute atomic E-state index is 0.105. The van der Waals surface area contributed by atoms with Crippen LogP contribution in [0.25, 0.3) is 0 Å². The first kappa shape index (κ1) is 19.0. The van der Waals surface area contributed by atoms with Crippen LogP contribution in [0.5, 0.6) is 0 Å². The number of nitrogens with zero attached hydrogens (tertiary/aromatic N) is 1. The third kappa shape index (κ3) is 4.85. The summed E-state index contributed by atoms with van der Waals surface area (Å²) in [6.45, 7) is 12.0. The van der Waals surface area contributed by atoms with E-state index in [0.717, 1.165) is 11.4 Å². The monoisotopic (exact) mass is 339 g/mol. The van der Waals surface area contributed by atoms with Gasteiger partial charge in [0.2, 0.25) is 0 Å². The molecule has 1 atom stereocenters. The van der Waals surface area contributed by atoms with Gasteiger partial charge in [-0.2, -0.15) is 0 Å². The van der Waals surface area contributed by atoms with Gasteiger partial charge in [0.15, 0.2) is 0 Å². The van der Waals surface area contributed by atoms with Crippen LogP contribution in [0.4, 0.5) is 11.4 Å². The van der Waals surface area contributed by atoms with Gasteiger partial charge < -0.3 is 9.64 Å². The quantitative estimate of drug-likeness (QED) is 0.658. The number of esters is 1. The van der Waals surface area contributed by atoms with E-state index < -0.39 is 0 Å². The molecule has 0 heterocycles. The van der Waals surface area contributed by atoms with Crippen LogP contribution in [0.15, 0.2) is 48.5 Å². The number of aryl methyl sites for hydroxylation is 2. The van der Waals surface area contributed by atoms with Gasteiger partial charge in [-0.15, -0.1) is 0 Å². The molecule has 0 fully saturated rings. The largest absolute Gasteiger partial charge is 0.461 e. The number of benzene rings is 2. The number of carbonyl (C=O) groups is 1. The topological polar surface area (TPSA) is 29.5 Å². The molecule has 0 N–H and O–H groups in total. The maximum absolute atomic E-state index is 12.9. The zero-order chi connectivity index (χ0) is 18.6. The highest BCUT2D eigenvalue weighted by Crippen LogP contribution is 2.32. The van der Waals surface area contributed by atoms with Crippen molar-refractivity contribution in [2.45, 2.75) is 53.7 Å². The predicted molar refractivity (Wildman–Crippen MR) is 104 cm³/mol. The molecule has 0 amide bonds. The lowest BCUT2D eigenvalue weighted by molar-refractivity contribution is -0.149. The molecule has 0 aliphatic carbocycles. The minimum atomic E-state index is -0.382. The maximum Gasteiger partial charge on any atom is 0.329 e. The highest BCUT2D eigenvalue weighted by atomic mass is 16.5. The minimum Gasteiger partial charge on any atom is -0.461 e. The Morgan fingerprint density at radius 3 is 1.52 bits per heavy atom. The summed E-state index contributed by atoms with van der Waals surface area (Å²) < 4.78 is 5.56. The molecule has 0 radical (unpaired) electrons. The Balaban J connectivity index is 2.52. The summed E-state index contributed by atoms with van der Waals surface area (Å²) >= 11 is 0. The van der Waals surface area contributed by atoms with E-state index in [1.54, 1.807) is 0 Å². The van der Waals surface area contributed by atoms with E-state index in [-0.39, 0.29) is 24.0 Å². The second kappa shape index (κ2) is 8.19. The molecule has 0 spiro atoms.